The van der Waals surface area contributed by atoms with Crippen molar-refractivity contribution < 1.29 is 35.8 Å². The molecule has 0 bridgehead atoms. The van der Waals surface area contributed by atoms with E-state index in [2.05, 4.69) is 15.0 Å². The van der Waals surface area contributed by atoms with Gasteiger partial charge in [-0.2, -0.15) is 8.78 Å². The van der Waals surface area contributed by atoms with Crippen LogP contribution in [0.1, 0.15) is 25.1 Å². The molecule has 0 saturated heterocycles. The molecule has 0 aliphatic heterocycles. The Morgan fingerprint density at radius 1 is 1.12 bits per heavy atom. The summed E-state index contributed by atoms with van der Waals surface area (Å²) in [6.07, 6.45) is 1.74. The van der Waals surface area contributed by atoms with Crippen molar-refractivity contribution in [1.29, 1.82) is 0 Å². The second-order valence-electron chi connectivity index (χ2n) is 6.93. The number of halogens is 2. The van der Waals surface area contributed by atoms with Crippen LogP contribution in [-0.2, 0) is 15.5 Å². The molecule has 1 heterocycles. The Labute approximate surface area is 201 Å². The van der Waals surface area contributed by atoms with Gasteiger partial charge < -0.3 is 23.4 Å². The number of aromatic nitrogens is 1. The lowest BCUT2D eigenvalue weighted by molar-refractivity contribution is -0.109. The number of hydrogen-bond acceptors (Lipinski definition) is 8. The number of nitrogens with one attached hydrogen (secondary N) is 1. The zero-order valence-electron chi connectivity index (χ0n) is 19.1. The van der Waals surface area contributed by atoms with Crippen LogP contribution in [0.4, 0.5) is 8.78 Å². The number of aryl methyl sites for hydroxylation is 1. The maximum Gasteiger partial charge on any atom is 0.387 e. The van der Waals surface area contributed by atoms with Crippen molar-refractivity contribution in [2.45, 2.75) is 40.0 Å². The number of nitrogens with zero attached hydrogens (tertiary/aromatic N) is 1. The monoisotopic (exact) mass is 496 g/mol. The van der Waals surface area contributed by atoms with Crippen LogP contribution >= 0.6 is 12.3 Å². The van der Waals surface area contributed by atoms with Gasteiger partial charge in [-0.25, -0.2) is 4.98 Å². The first-order chi connectivity index (χ1) is 16.3. The smallest absolute Gasteiger partial charge is 0.387 e. The number of amides is 1. The van der Waals surface area contributed by atoms with Gasteiger partial charge in [-0.3, -0.25) is 8.98 Å². The van der Waals surface area contributed by atoms with E-state index in [9.17, 15) is 13.6 Å². The molecule has 0 unspecified atom stereocenters. The number of ether oxygens (including phenoxy) is 2. The number of carbonyl (C=O) groups excluding carboxylic acids is 1. The fraction of sp³-hybridized carbons (Fsp3) is 0.304. The van der Waals surface area contributed by atoms with Crippen LogP contribution in [0, 0.1) is 6.92 Å². The van der Waals surface area contributed by atoms with E-state index in [4.69, 9.17) is 17.5 Å². The maximum atomic E-state index is 12.4. The summed E-state index contributed by atoms with van der Waals surface area (Å²) in [7, 11) is 1.57. The number of benzene rings is 2. The minimum atomic E-state index is -2.95. The van der Waals surface area contributed by atoms with E-state index >= 15 is 0 Å². The summed E-state index contributed by atoms with van der Waals surface area (Å²) >= 11 is 0.975. The molecule has 184 valence electrons. The van der Waals surface area contributed by atoms with Gasteiger partial charge in [0.15, 0.2) is 11.5 Å². The molecule has 0 aliphatic rings. The van der Waals surface area contributed by atoms with Gasteiger partial charge in [0, 0.05) is 5.56 Å². The van der Waals surface area contributed by atoms with E-state index in [1.165, 1.54) is 24.5 Å². The first-order valence-electron chi connectivity index (χ1n) is 10.1. The molecule has 2 aromatic carbocycles. The van der Waals surface area contributed by atoms with E-state index in [0.717, 1.165) is 23.6 Å². The molecule has 11 heteroatoms. The molecule has 0 fully saturated rings. The average molecular weight is 497 g/mol. The normalized spacial score (nSPS) is 10.5. The Morgan fingerprint density at radius 2 is 1.88 bits per heavy atom. The Hall–Kier alpha value is -3.31. The van der Waals surface area contributed by atoms with Crippen LogP contribution in [-0.4, -0.2) is 31.2 Å². The van der Waals surface area contributed by atoms with Crippen molar-refractivity contribution in [3.05, 3.63) is 60.0 Å². The highest BCUT2D eigenvalue weighted by molar-refractivity contribution is 7.90. The molecule has 0 spiro atoms. The molecular weight excluding hydrogens is 470 g/mol. The van der Waals surface area contributed by atoms with E-state index in [0.29, 0.717) is 17.7 Å². The van der Waals surface area contributed by atoms with Gasteiger partial charge >= 0.3 is 6.61 Å². The predicted molar refractivity (Wildman–Crippen MR) is 124 cm³/mol. The molecule has 0 radical (unpaired) electrons. The first kappa shape index (κ1) is 26.9. The van der Waals surface area contributed by atoms with Crippen molar-refractivity contribution in [3.8, 4) is 28.7 Å². The molecule has 0 saturated carbocycles. The third kappa shape index (κ3) is 8.91. The fourth-order valence-corrected chi connectivity index (χ4v) is 2.90. The third-order valence-electron chi connectivity index (χ3n) is 3.97. The van der Waals surface area contributed by atoms with Crippen molar-refractivity contribution >= 4 is 18.7 Å². The summed E-state index contributed by atoms with van der Waals surface area (Å²) in [5.41, 5.74) is 2.18. The lowest BCUT2D eigenvalue weighted by Gasteiger charge is -2.15. The topological polar surface area (TPSA) is 92.1 Å². The number of alkyl halides is 2. The minimum absolute atomic E-state index is 0.0631. The summed E-state index contributed by atoms with van der Waals surface area (Å²) in [5, 5.41) is 2.47. The fourth-order valence-electron chi connectivity index (χ4n) is 2.57. The van der Waals surface area contributed by atoms with Crippen molar-refractivity contribution in [2.24, 2.45) is 0 Å². The second kappa shape index (κ2) is 14.1. The highest BCUT2D eigenvalue weighted by Crippen LogP contribution is 2.34. The molecule has 0 aliphatic carbocycles. The molecule has 1 aromatic heterocycles. The molecule has 1 N–H and O–H groups in total. The van der Waals surface area contributed by atoms with E-state index in [1.54, 1.807) is 21.0 Å². The highest BCUT2D eigenvalue weighted by atomic mass is 32.2. The summed E-state index contributed by atoms with van der Waals surface area (Å²) in [6, 6.07) is 12.2. The minimum Gasteiger partial charge on any atom is -0.487 e. The standard InChI is InChI=1S/C15H16F2N2O4.C8H10O2S/c1-9(2)22-13-5-10(3-4-12(13)23-15(16)17)14-19-11(7-21-14)6-18-8-20;1-7-5-3-4-6-8(7)10-11-9-2/h3-5,7-9,15H,6H2,1-2H3,(H,18,20);3-6H,1-2H3. The lowest BCUT2D eigenvalue weighted by Crippen LogP contribution is -2.10. The van der Waals surface area contributed by atoms with Crippen molar-refractivity contribution in [1.82, 2.24) is 10.3 Å². The summed E-state index contributed by atoms with van der Waals surface area (Å²) < 4.78 is 50.0. The Balaban J connectivity index is 0.000000310. The van der Waals surface area contributed by atoms with Crippen molar-refractivity contribution in [2.75, 3.05) is 7.11 Å². The third-order valence-corrected chi connectivity index (χ3v) is 4.36. The first-order valence-corrected chi connectivity index (χ1v) is 10.8. The zero-order valence-corrected chi connectivity index (χ0v) is 19.9. The van der Waals surface area contributed by atoms with Crippen molar-refractivity contribution in [3.63, 3.8) is 0 Å². The molecule has 3 rings (SSSR count). The Morgan fingerprint density at radius 3 is 2.53 bits per heavy atom. The van der Waals surface area contributed by atoms with Gasteiger partial charge in [-0.15, -0.1) is 0 Å². The van der Waals surface area contributed by atoms with Gasteiger partial charge in [0.05, 0.1) is 25.5 Å². The van der Waals surface area contributed by atoms with Gasteiger partial charge in [0.25, 0.3) is 0 Å². The van der Waals surface area contributed by atoms with Crippen LogP contribution in [0.3, 0.4) is 0 Å². The largest absolute Gasteiger partial charge is 0.487 e. The summed E-state index contributed by atoms with van der Waals surface area (Å²) in [6.45, 7) is 2.82. The molecule has 3 aromatic rings. The molecule has 1 amide bonds. The van der Waals surface area contributed by atoms with Gasteiger partial charge in [-0.1, -0.05) is 18.2 Å². The molecule has 8 nitrogen and oxygen atoms in total. The number of para-hydroxylation sites is 1. The van der Waals surface area contributed by atoms with Gasteiger partial charge in [0.2, 0.25) is 24.6 Å². The quantitative estimate of drug-likeness (QED) is 0.273. The van der Waals surface area contributed by atoms with Crippen LogP contribution in [0.15, 0.2) is 53.1 Å². The predicted octanol–water partition coefficient (Wildman–Crippen LogP) is 5.56. The number of rotatable bonds is 11. The maximum absolute atomic E-state index is 12.4. The zero-order chi connectivity index (χ0) is 24.9. The average Bonchev–Trinajstić information content (AvgIpc) is 3.27. The Kier molecular flexibility index (Phi) is 11.1. The summed E-state index contributed by atoms with van der Waals surface area (Å²) in [5.74, 6) is 1.24. The van der Waals surface area contributed by atoms with E-state index in [1.807, 2.05) is 31.2 Å². The highest BCUT2D eigenvalue weighted by Gasteiger charge is 2.15. The molecular formula is C23H26F2N2O6S. The lowest BCUT2D eigenvalue weighted by atomic mass is 10.2. The molecule has 34 heavy (non-hydrogen) atoms. The second-order valence-corrected chi connectivity index (χ2v) is 7.57. The number of carbonyl (C=O) groups is 1. The van der Waals surface area contributed by atoms with E-state index in [-0.39, 0.29) is 30.0 Å². The Bertz CT molecular complexity index is 1030. The van der Waals surface area contributed by atoms with Gasteiger partial charge in [0.1, 0.15) is 12.0 Å². The molecule has 0 atom stereocenters. The van der Waals surface area contributed by atoms with Gasteiger partial charge in [-0.05, 0) is 50.6 Å². The number of hydrogen-bond donors (Lipinski definition) is 1. The summed E-state index contributed by atoms with van der Waals surface area (Å²) in [4.78, 5) is 14.5. The SMILES string of the molecule is CC(C)Oc1cc(-c2nc(CNC=O)co2)ccc1OC(F)F.COSOc1ccccc1C. The van der Waals surface area contributed by atoms with Crippen LogP contribution in [0.5, 0.6) is 17.2 Å². The van der Waals surface area contributed by atoms with Crippen LogP contribution in [0.2, 0.25) is 0 Å². The van der Waals surface area contributed by atoms with E-state index < -0.39 is 6.61 Å². The number of oxazole rings is 1. The van der Waals surface area contributed by atoms with Crippen LogP contribution < -0.4 is 19.0 Å². The van der Waals surface area contributed by atoms with Crippen LogP contribution in [0.25, 0.3) is 11.5 Å².